The fraction of sp³-hybridized carbons (Fsp3) is 0.828. The lowest BCUT2D eigenvalue weighted by Gasteiger charge is -2.70. The first-order valence-corrected chi connectivity index (χ1v) is 13.5. The molecule has 0 bridgehead atoms. The molecule has 6 nitrogen and oxygen atoms in total. The van der Waals surface area contributed by atoms with Crippen molar-refractivity contribution >= 4 is 17.9 Å². The molecule has 5 rings (SSSR count). The first-order valence-electron chi connectivity index (χ1n) is 13.5. The second kappa shape index (κ2) is 7.82. The molecule has 0 saturated heterocycles. The number of carbonyl (C=O) groups is 3. The van der Waals surface area contributed by atoms with E-state index < -0.39 is 23.6 Å². The molecule has 4 fully saturated rings. The lowest BCUT2D eigenvalue weighted by molar-refractivity contribution is -0.259. The zero-order chi connectivity index (χ0) is 25.6. The van der Waals surface area contributed by atoms with E-state index in [0.29, 0.717) is 18.3 Å². The van der Waals surface area contributed by atoms with Crippen LogP contribution in [0.5, 0.6) is 0 Å². The van der Waals surface area contributed by atoms with Crippen molar-refractivity contribution in [3.63, 3.8) is 0 Å². The summed E-state index contributed by atoms with van der Waals surface area (Å²) in [6.07, 6.45) is 7.44. The van der Waals surface area contributed by atoms with E-state index in [1.807, 2.05) is 0 Å². The zero-order valence-corrected chi connectivity index (χ0v) is 22.4. The molecule has 0 amide bonds. The van der Waals surface area contributed by atoms with E-state index in [1.54, 1.807) is 0 Å². The van der Waals surface area contributed by atoms with E-state index in [-0.39, 0.29) is 40.2 Å². The number of esters is 3. The number of hydrogen-bond donors (Lipinski definition) is 0. The van der Waals surface area contributed by atoms with Crippen molar-refractivity contribution in [1.82, 2.24) is 0 Å². The van der Waals surface area contributed by atoms with Crippen molar-refractivity contribution in [3.8, 4) is 0 Å². The Morgan fingerprint density at radius 1 is 0.886 bits per heavy atom. The third-order valence-electron chi connectivity index (χ3n) is 11.4. The Morgan fingerprint density at radius 2 is 1.54 bits per heavy atom. The average molecular weight is 487 g/mol. The monoisotopic (exact) mass is 486 g/mol. The summed E-state index contributed by atoms with van der Waals surface area (Å²) in [4.78, 5) is 37.0. The average Bonchev–Trinajstić information content (AvgIpc) is 3.13. The summed E-state index contributed by atoms with van der Waals surface area (Å²) in [5, 5.41) is 0. The summed E-state index contributed by atoms with van der Waals surface area (Å²) in [7, 11) is 0. The Labute approximate surface area is 209 Å². The van der Waals surface area contributed by atoms with Gasteiger partial charge in [-0.15, -0.1) is 0 Å². The van der Waals surface area contributed by atoms with Gasteiger partial charge < -0.3 is 14.2 Å². The van der Waals surface area contributed by atoms with Crippen LogP contribution in [0, 0.1) is 39.4 Å². The minimum absolute atomic E-state index is 0.0387. The van der Waals surface area contributed by atoms with Gasteiger partial charge in [0.05, 0.1) is 0 Å². The quantitative estimate of drug-likeness (QED) is 0.385. The van der Waals surface area contributed by atoms with Crippen molar-refractivity contribution < 1.29 is 28.6 Å². The minimum Gasteiger partial charge on any atom is -0.462 e. The van der Waals surface area contributed by atoms with Crippen molar-refractivity contribution in [1.29, 1.82) is 0 Å². The highest BCUT2D eigenvalue weighted by Gasteiger charge is 2.71. The summed E-state index contributed by atoms with van der Waals surface area (Å²) in [5.74, 6) is 0.0300. The fourth-order valence-corrected chi connectivity index (χ4v) is 10.1. The zero-order valence-electron chi connectivity index (χ0n) is 22.4. The van der Waals surface area contributed by atoms with Gasteiger partial charge >= 0.3 is 17.9 Å². The fourth-order valence-electron chi connectivity index (χ4n) is 10.1. The predicted molar refractivity (Wildman–Crippen MR) is 130 cm³/mol. The largest absolute Gasteiger partial charge is 0.462 e. The van der Waals surface area contributed by atoms with Crippen LogP contribution in [0.15, 0.2) is 11.6 Å². The van der Waals surface area contributed by atoms with E-state index >= 15 is 0 Å². The van der Waals surface area contributed by atoms with Crippen LogP contribution in [-0.4, -0.2) is 36.2 Å². The minimum atomic E-state index is -0.570. The summed E-state index contributed by atoms with van der Waals surface area (Å²) >= 11 is 0. The van der Waals surface area contributed by atoms with Gasteiger partial charge in [0.1, 0.15) is 18.3 Å². The Hall–Kier alpha value is -1.85. The van der Waals surface area contributed by atoms with Crippen LogP contribution in [0.2, 0.25) is 0 Å². The molecule has 0 spiro atoms. The van der Waals surface area contributed by atoms with E-state index in [4.69, 9.17) is 14.2 Å². The van der Waals surface area contributed by atoms with E-state index in [9.17, 15) is 14.4 Å². The number of ether oxygens (including phenoxy) is 3. The SMILES string of the molecule is CC(=O)O[C@H]1C[C@H]2[C@]3(C)CC[C@H]4C(C)(C)CCC[C@]4(C)[C@H]3C[C@@H](OC(C)=O)[C@]2(C)C2OC(=O)C=C21. The molecule has 5 aliphatic rings. The summed E-state index contributed by atoms with van der Waals surface area (Å²) in [6.45, 7) is 14.8. The molecular formula is C29H42O6. The lowest BCUT2D eigenvalue weighted by Crippen LogP contribution is -2.69. The van der Waals surface area contributed by atoms with Gasteiger partial charge in [0.2, 0.25) is 0 Å². The maximum Gasteiger partial charge on any atom is 0.331 e. The van der Waals surface area contributed by atoms with Crippen molar-refractivity contribution in [2.75, 3.05) is 0 Å². The van der Waals surface area contributed by atoms with Crippen LogP contribution >= 0.6 is 0 Å². The number of fused-ring (bicyclic) bond motifs is 7. The second-order valence-electron chi connectivity index (χ2n) is 13.5. The third kappa shape index (κ3) is 3.44. The van der Waals surface area contributed by atoms with E-state index in [2.05, 4.69) is 34.6 Å². The highest BCUT2D eigenvalue weighted by atomic mass is 16.6. The smallest absolute Gasteiger partial charge is 0.331 e. The maximum atomic E-state index is 12.5. The third-order valence-corrected chi connectivity index (χ3v) is 11.4. The number of rotatable bonds is 2. The molecule has 4 aliphatic carbocycles. The molecule has 4 saturated carbocycles. The first-order chi connectivity index (χ1) is 16.2. The summed E-state index contributed by atoms with van der Waals surface area (Å²) in [6, 6.07) is 0. The van der Waals surface area contributed by atoms with Crippen molar-refractivity contribution in [2.45, 2.75) is 112 Å². The molecule has 0 aromatic heterocycles. The van der Waals surface area contributed by atoms with Gasteiger partial charge in [0, 0.05) is 30.9 Å². The second-order valence-corrected chi connectivity index (χ2v) is 13.5. The Morgan fingerprint density at radius 3 is 2.20 bits per heavy atom. The molecule has 1 heterocycles. The molecule has 35 heavy (non-hydrogen) atoms. The Kier molecular flexibility index (Phi) is 5.55. The van der Waals surface area contributed by atoms with Crippen LogP contribution < -0.4 is 0 Å². The van der Waals surface area contributed by atoms with Crippen LogP contribution in [0.25, 0.3) is 0 Å². The maximum absolute atomic E-state index is 12.5. The van der Waals surface area contributed by atoms with Gasteiger partial charge in [-0.05, 0) is 72.5 Å². The lowest BCUT2D eigenvalue weighted by atomic mass is 9.35. The van der Waals surface area contributed by atoms with E-state index in [1.165, 1.54) is 45.6 Å². The van der Waals surface area contributed by atoms with Gasteiger partial charge in [-0.25, -0.2) is 4.79 Å². The summed E-state index contributed by atoms with van der Waals surface area (Å²) in [5.41, 5.74) is 0.549. The Bertz CT molecular complexity index is 982. The molecule has 1 aliphatic heterocycles. The molecule has 0 aromatic carbocycles. The Balaban J connectivity index is 1.64. The van der Waals surface area contributed by atoms with Gasteiger partial charge in [-0.2, -0.15) is 0 Å². The van der Waals surface area contributed by atoms with Crippen LogP contribution in [0.1, 0.15) is 93.4 Å². The topological polar surface area (TPSA) is 78.9 Å². The van der Waals surface area contributed by atoms with Gasteiger partial charge in [0.15, 0.2) is 0 Å². The molecule has 6 heteroatoms. The molecule has 9 atom stereocenters. The van der Waals surface area contributed by atoms with Crippen molar-refractivity contribution in [2.24, 2.45) is 39.4 Å². The van der Waals surface area contributed by atoms with E-state index in [0.717, 1.165) is 18.4 Å². The molecule has 194 valence electrons. The van der Waals surface area contributed by atoms with Gasteiger partial charge in [-0.1, -0.05) is 41.0 Å². The standard InChI is InChI=1S/C29H42O6/c1-16(30)33-19-14-22-28(6)12-9-20-26(3,4)10-8-11-27(20,5)21(28)15-23(34-17(2)31)29(22,7)25-18(19)13-24(32)35-25/h13,19-23,25H,8-12,14-15H2,1-7H3/t19-,20-,21+,22-,23+,25?,27-,28+,29+/m0/s1. The van der Waals surface area contributed by atoms with Crippen LogP contribution in [0.3, 0.4) is 0 Å². The number of hydrogen-bond acceptors (Lipinski definition) is 6. The predicted octanol–water partition coefficient (Wildman–Crippen LogP) is 5.38. The molecule has 1 unspecified atom stereocenters. The molecule has 0 N–H and O–H groups in total. The van der Waals surface area contributed by atoms with Gasteiger partial charge in [-0.3, -0.25) is 9.59 Å². The molecular weight excluding hydrogens is 444 g/mol. The van der Waals surface area contributed by atoms with Crippen LogP contribution in [0.4, 0.5) is 0 Å². The summed E-state index contributed by atoms with van der Waals surface area (Å²) < 4.78 is 17.9. The highest BCUT2D eigenvalue weighted by molar-refractivity contribution is 5.86. The van der Waals surface area contributed by atoms with Crippen LogP contribution in [-0.2, 0) is 28.6 Å². The first kappa shape index (κ1) is 24.8. The molecule has 0 radical (unpaired) electrons. The molecule has 0 aromatic rings. The highest BCUT2D eigenvalue weighted by Crippen LogP contribution is 2.73. The van der Waals surface area contributed by atoms with Gasteiger partial charge in [0.25, 0.3) is 0 Å². The number of carbonyl (C=O) groups excluding carboxylic acids is 3. The van der Waals surface area contributed by atoms with Crippen molar-refractivity contribution in [3.05, 3.63) is 11.6 Å². The normalized spacial score (nSPS) is 47.7.